The molecule has 2 heterocycles. The first kappa shape index (κ1) is 16.2. The number of nitrogens with zero attached hydrogens (tertiary/aromatic N) is 2. The Kier molecular flexibility index (Phi) is 5.11. The van der Waals surface area contributed by atoms with E-state index in [1.54, 1.807) is 0 Å². The molecule has 4 heteroatoms. The molecule has 0 aliphatic carbocycles. The second-order valence-electron chi connectivity index (χ2n) is 6.25. The zero-order valence-electron chi connectivity index (χ0n) is 13.7. The van der Waals surface area contributed by atoms with Crippen molar-refractivity contribution in [2.24, 2.45) is 4.99 Å². The Morgan fingerprint density at radius 2 is 2.22 bits per heavy atom. The van der Waals surface area contributed by atoms with Gasteiger partial charge in [0.15, 0.2) is 0 Å². The van der Waals surface area contributed by atoms with Crippen molar-refractivity contribution >= 4 is 17.3 Å². The third kappa shape index (κ3) is 3.63. The number of hydrogen-bond acceptors (Lipinski definition) is 4. The van der Waals surface area contributed by atoms with Gasteiger partial charge in [-0.25, -0.2) is 0 Å². The van der Waals surface area contributed by atoms with Crippen LogP contribution >= 0.6 is 11.8 Å². The van der Waals surface area contributed by atoms with Crippen LogP contribution in [0, 0.1) is 0 Å². The molecule has 0 saturated carbocycles. The van der Waals surface area contributed by atoms with Gasteiger partial charge in [0.1, 0.15) is 0 Å². The highest BCUT2D eigenvalue weighted by atomic mass is 32.2. The van der Waals surface area contributed by atoms with E-state index in [0.29, 0.717) is 17.3 Å². The van der Waals surface area contributed by atoms with Gasteiger partial charge in [-0.3, -0.25) is 4.99 Å². The van der Waals surface area contributed by atoms with Crippen LogP contribution in [0.4, 0.5) is 0 Å². The Morgan fingerprint density at radius 1 is 1.43 bits per heavy atom. The summed E-state index contributed by atoms with van der Waals surface area (Å²) in [7, 11) is 0. The molecule has 122 valence electrons. The molecule has 2 aliphatic rings. The number of likely N-dealkylation sites (tertiary alicyclic amines) is 1. The Hall–Kier alpha value is -1.68. The van der Waals surface area contributed by atoms with E-state index in [4.69, 9.17) is 0 Å². The third-order valence-electron chi connectivity index (χ3n) is 4.70. The number of thioether (sulfide) groups is 1. The van der Waals surface area contributed by atoms with Gasteiger partial charge >= 0.3 is 0 Å². The Morgan fingerprint density at radius 3 is 2.87 bits per heavy atom. The van der Waals surface area contributed by atoms with Crippen LogP contribution in [0.3, 0.4) is 0 Å². The van der Waals surface area contributed by atoms with Crippen LogP contribution in [0.5, 0.6) is 0 Å². The fourth-order valence-corrected chi connectivity index (χ4v) is 4.29. The second-order valence-corrected chi connectivity index (χ2v) is 7.24. The van der Waals surface area contributed by atoms with Gasteiger partial charge in [-0.05, 0) is 37.1 Å². The van der Waals surface area contributed by atoms with Crippen LogP contribution in [0.1, 0.15) is 36.1 Å². The van der Waals surface area contributed by atoms with Crippen molar-refractivity contribution < 1.29 is 0 Å². The van der Waals surface area contributed by atoms with Gasteiger partial charge in [0, 0.05) is 18.8 Å². The van der Waals surface area contributed by atoms with E-state index in [-0.39, 0.29) is 0 Å². The largest absolute Gasteiger partial charge is 0.383 e. The molecular formula is C19H25N3S. The number of nitrogens with one attached hydrogen (secondary N) is 1. The molecule has 0 spiro atoms. The summed E-state index contributed by atoms with van der Waals surface area (Å²) in [4.78, 5) is 6.71. The maximum Gasteiger partial charge on any atom is 0.0677 e. The normalized spacial score (nSPS) is 26.5. The van der Waals surface area contributed by atoms with E-state index in [1.165, 1.54) is 17.5 Å². The summed E-state index contributed by atoms with van der Waals surface area (Å²) >= 11 is 1.81. The predicted octanol–water partition coefficient (Wildman–Crippen LogP) is 4.10. The lowest BCUT2D eigenvalue weighted by atomic mass is 10.0. The molecule has 1 N–H and O–H groups in total. The molecule has 0 radical (unpaired) electrons. The van der Waals surface area contributed by atoms with Gasteiger partial charge in [-0.15, -0.1) is 11.8 Å². The predicted molar refractivity (Wildman–Crippen MR) is 101 cm³/mol. The summed E-state index contributed by atoms with van der Waals surface area (Å²) in [6, 6.07) is 9.64. The second kappa shape index (κ2) is 7.26. The summed E-state index contributed by atoms with van der Waals surface area (Å²) in [6.45, 7) is 12.2. The zero-order valence-corrected chi connectivity index (χ0v) is 14.6. The van der Waals surface area contributed by atoms with Crippen molar-refractivity contribution in [3.8, 4) is 0 Å². The summed E-state index contributed by atoms with van der Waals surface area (Å²) in [5.41, 5.74) is 5.72. The SMILES string of the molecule is C=CN1CCCC1C(=C)NCc1ccc(C2SC=NC2C)cc1. The molecule has 3 unspecified atom stereocenters. The molecule has 3 rings (SSSR count). The molecule has 0 aromatic heterocycles. The van der Waals surface area contributed by atoms with Gasteiger partial charge < -0.3 is 10.2 Å². The van der Waals surface area contributed by atoms with Crippen LogP contribution in [-0.2, 0) is 6.54 Å². The first-order valence-corrected chi connectivity index (χ1v) is 9.20. The molecule has 0 bridgehead atoms. The Bertz CT molecular complexity index is 593. The van der Waals surface area contributed by atoms with Crippen molar-refractivity contribution in [1.82, 2.24) is 10.2 Å². The Balaban J connectivity index is 1.54. The molecule has 3 nitrogen and oxygen atoms in total. The molecular weight excluding hydrogens is 302 g/mol. The van der Waals surface area contributed by atoms with E-state index in [0.717, 1.165) is 25.2 Å². The average molecular weight is 327 g/mol. The van der Waals surface area contributed by atoms with Crippen LogP contribution in [-0.4, -0.2) is 29.1 Å². The number of rotatable bonds is 6. The van der Waals surface area contributed by atoms with Gasteiger partial charge in [0.25, 0.3) is 0 Å². The van der Waals surface area contributed by atoms with Gasteiger partial charge in [0.2, 0.25) is 0 Å². The maximum atomic E-state index is 4.44. The third-order valence-corrected chi connectivity index (χ3v) is 5.90. The molecule has 1 fully saturated rings. The highest BCUT2D eigenvalue weighted by Crippen LogP contribution is 2.36. The highest BCUT2D eigenvalue weighted by Gasteiger charge is 2.24. The lowest BCUT2D eigenvalue weighted by Gasteiger charge is -2.25. The van der Waals surface area contributed by atoms with Gasteiger partial charge in [-0.1, -0.05) is 37.4 Å². The van der Waals surface area contributed by atoms with Gasteiger partial charge in [0.05, 0.1) is 22.9 Å². The van der Waals surface area contributed by atoms with Crippen LogP contribution in [0.25, 0.3) is 0 Å². The molecule has 0 amide bonds. The molecule has 1 aromatic carbocycles. The van der Waals surface area contributed by atoms with Crippen molar-refractivity contribution in [3.63, 3.8) is 0 Å². The van der Waals surface area contributed by atoms with Crippen molar-refractivity contribution in [3.05, 3.63) is 60.4 Å². The molecule has 2 aliphatic heterocycles. The molecule has 1 aromatic rings. The minimum absolute atomic E-state index is 0.371. The van der Waals surface area contributed by atoms with Crippen molar-refractivity contribution in [1.29, 1.82) is 0 Å². The van der Waals surface area contributed by atoms with E-state index in [2.05, 4.69) is 59.6 Å². The highest BCUT2D eigenvalue weighted by molar-refractivity contribution is 8.12. The summed E-state index contributed by atoms with van der Waals surface area (Å²) in [6.07, 6.45) is 4.31. The maximum absolute atomic E-state index is 4.44. The van der Waals surface area contributed by atoms with Gasteiger partial charge in [-0.2, -0.15) is 0 Å². The standard InChI is InChI=1S/C19H25N3S/c1-4-22-11-5-6-18(22)14(2)20-12-16-7-9-17(10-8-16)19-15(3)21-13-23-19/h4,7-10,13,15,18-20H,1-2,5-6,11-12H2,3H3. The Labute approximate surface area is 143 Å². The van der Waals surface area contributed by atoms with Crippen LogP contribution < -0.4 is 5.32 Å². The molecule has 3 atom stereocenters. The fraction of sp³-hybridized carbons (Fsp3) is 0.421. The minimum Gasteiger partial charge on any atom is -0.383 e. The first-order chi connectivity index (χ1) is 11.2. The first-order valence-electron chi connectivity index (χ1n) is 8.26. The van der Waals surface area contributed by atoms with Crippen molar-refractivity contribution in [2.75, 3.05) is 6.54 Å². The van der Waals surface area contributed by atoms with E-state index < -0.39 is 0 Å². The van der Waals surface area contributed by atoms with Crippen LogP contribution in [0.15, 0.2) is 54.3 Å². The van der Waals surface area contributed by atoms with Crippen molar-refractivity contribution in [2.45, 2.75) is 43.6 Å². The van der Waals surface area contributed by atoms with E-state index >= 15 is 0 Å². The summed E-state index contributed by atoms with van der Waals surface area (Å²) in [5.74, 6) is 0. The lowest BCUT2D eigenvalue weighted by Crippen LogP contribution is -2.31. The van der Waals surface area contributed by atoms with E-state index in [1.807, 2.05) is 23.5 Å². The smallest absolute Gasteiger partial charge is 0.0677 e. The quantitative estimate of drug-likeness (QED) is 0.852. The number of hydrogen-bond donors (Lipinski definition) is 1. The topological polar surface area (TPSA) is 27.6 Å². The monoisotopic (exact) mass is 327 g/mol. The summed E-state index contributed by atoms with van der Waals surface area (Å²) in [5, 5.41) is 3.95. The summed E-state index contributed by atoms with van der Waals surface area (Å²) < 4.78 is 0. The fourth-order valence-electron chi connectivity index (χ4n) is 3.29. The number of benzene rings is 1. The number of aliphatic imine (C=N–C) groups is 1. The van der Waals surface area contributed by atoms with Crippen LogP contribution in [0.2, 0.25) is 0 Å². The molecule has 23 heavy (non-hydrogen) atoms. The zero-order chi connectivity index (χ0) is 16.2. The lowest BCUT2D eigenvalue weighted by molar-refractivity contribution is 0.375. The minimum atomic E-state index is 0.371. The van der Waals surface area contributed by atoms with E-state index in [9.17, 15) is 0 Å². The molecule has 1 saturated heterocycles. The average Bonchev–Trinajstić information content (AvgIpc) is 3.21.